The zero-order chi connectivity index (χ0) is 12.3. The van der Waals surface area contributed by atoms with Crippen LogP contribution in [0.15, 0.2) is 6.20 Å². The van der Waals surface area contributed by atoms with Gasteiger partial charge in [-0.05, 0) is 46.7 Å². The van der Waals surface area contributed by atoms with Gasteiger partial charge in [-0.2, -0.15) is 0 Å². The van der Waals surface area contributed by atoms with Crippen LogP contribution in [-0.4, -0.2) is 27.5 Å². The van der Waals surface area contributed by atoms with Gasteiger partial charge >= 0.3 is 0 Å². The van der Waals surface area contributed by atoms with Crippen LogP contribution in [0.3, 0.4) is 0 Å². The average molecular weight is 235 g/mol. The lowest BCUT2D eigenvalue weighted by molar-refractivity contribution is 0.274. The lowest BCUT2D eigenvalue weighted by Crippen LogP contribution is -2.24. The number of aryl methyl sites for hydroxylation is 1. The van der Waals surface area contributed by atoms with Gasteiger partial charge in [-0.1, -0.05) is 12.8 Å². The second-order valence-corrected chi connectivity index (χ2v) is 5.47. The predicted molar refractivity (Wildman–Crippen MR) is 71.1 cm³/mol. The Bertz CT molecular complexity index is 346. The van der Waals surface area contributed by atoms with Crippen molar-refractivity contribution in [3.63, 3.8) is 0 Å². The van der Waals surface area contributed by atoms with E-state index in [4.69, 9.17) is 0 Å². The molecular weight excluding hydrogens is 210 g/mol. The van der Waals surface area contributed by atoms with E-state index in [0.717, 1.165) is 12.4 Å². The summed E-state index contributed by atoms with van der Waals surface area (Å²) in [7, 11) is 0. The van der Waals surface area contributed by atoms with Gasteiger partial charge in [0.2, 0.25) is 0 Å². The molecule has 0 amide bonds. The molecule has 1 saturated heterocycles. The zero-order valence-electron chi connectivity index (χ0n) is 11.4. The molecule has 0 aromatic carbocycles. The summed E-state index contributed by atoms with van der Waals surface area (Å²) in [6, 6.07) is 0.514. The number of aromatic nitrogens is 2. The Morgan fingerprint density at radius 2 is 1.82 bits per heavy atom. The molecule has 0 spiro atoms. The minimum absolute atomic E-state index is 0.514. The summed E-state index contributed by atoms with van der Waals surface area (Å²) < 4.78 is 2.27. The summed E-state index contributed by atoms with van der Waals surface area (Å²) in [5.41, 5.74) is 1.23. The third-order valence-corrected chi connectivity index (χ3v) is 3.61. The Labute approximate surface area is 105 Å². The molecule has 0 N–H and O–H groups in total. The molecule has 96 valence electrons. The molecule has 2 heterocycles. The van der Waals surface area contributed by atoms with Crippen LogP contribution in [-0.2, 0) is 6.54 Å². The van der Waals surface area contributed by atoms with Crippen LogP contribution >= 0.6 is 0 Å². The van der Waals surface area contributed by atoms with Gasteiger partial charge in [0.15, 0.2) is 0 Å². The Morgan fingerprint density at radius 3 is 2.35 bits per heavy atom. The van der Waals surface area contributed by atoms with Gasteiger partial charge in [-0.15, -0.1) is 0 Å². The fraction of sp³-hybridized carbons (Fsp3) is 0.786. The molecule has 0 atom stereocenters. The van der Waals surface area contributed by atoms with Crippen molar-refractivity contribution in [1.29, 1.82) is 0 Å². The Balaban J connectivity index is 2.00. The summed E-state index contributed by atoms with van der Waals surface area (Å²) in [6.07, 6.45) is 7.73. The maximum atomic E-state index is 4.68. The van der Waals surface area contributed by atoms with Gasteiger partial charge in [0.25, 0.3) is 0 Å². The van der Waals surface area contributed by atoms with Gasteiger partial charge in [0.05, 0.1) is 5.69 Å². The van der Waals surface area contributed by atoms with Gasteiger partial charge in [-0.3, -0.25) is 4.90 Å². The number of rotatable bonds is 3. The molecule has 1 aromatic heterocycles. The second-order valence-electron chi connectivity index (χ2n) is 5.47. The Hall–Kier alpha value is -0.830. The number of hydrogen-bond acceptors (Lipinski definition) is 2. The van der Waals surface area contributed by atoms with Crippen LogP contribution in [0.25, 0.3) is 0 Å². The van der Waals surface area contributed by atoms with Crippen LogP contribution in [0.4, 0.5) is 0 Å². The quantitative estimate of drug-likeness (QED) is 0.802. The standard InChI is InChI=1S/C14H25N3/c1-12(2)17-11-14(15-13(17)3)10-16-8-6-4-5-7-9-16/h11-12H,4-10H2,1-3H3. The molecule has 3 heteroatoms. The highest BCUT2D eigenvalue weighted by Crippen LogP contribution is 2.15. The van der Waals surface area contributed by atoms with Crippen molar-refractivity contribution >= 4 is 0 Å². The maximum Gasteiger partial charge on any atom is 0.106 e. The average Bonchev–Trinajstić information content (AvgIpc) is 2.50. The van der Waals surface area contributed by atoms with E-state index in [9.17, 15) is 0 Å². The van der Waals surface area contributed by atoms with E-state index in [0.29, 0.717) is 6.04 Å². The van der Waals surface area contributed by atoms with Crippen molar-refractivity contribution in [1.82, 2.24) is 14.5 Å². The number of hydrogen-bond donors (Lipinski definition) is 0. The third kappa shape index (κ3) is 3.32. The summed E-state index contributed by atoms with van der Waals surface area (Å²) in [6.45, 7) is 10.0. The molecule has 1 aliphatic rings. The van der Waals surface area contributed by atoms with E-state index in [1.807, 2.05) is 0 Å². The molecule has 0 saturated carbocycles. The lowest BCUT2D eigenvalue weighted by Gasteiger charge is -2.18. The van der Waals surface area contributed by atoms with Crippen molar-refractivity contribution < 1.29 is 0 Å². The summed E-state index contributed by atoms with van der Waals surface area (Å²) in [4.78, 5) is 7.23. The minimum Gasteiger partial charge on any atom is -0.332 e. The van der Waals surface area contributed by atoms with Crippen molar-refractivity contribution in [2.45, 2.75) is 59.0 Å². The molecule has 0 bridgehead atoms. The van der Waals surface area contributed by atoms with E-state index in [2.05, 4.69) is 41.4 Å². The third-order valence-electron chi connectivity index (χ3n) is 3.61. The van der Waals surface area contributed by atoms with Crippen molar-refractivity contribution in [2.75, 3.05) is 13.1 Å². The van der Waals surface area contributed by atoms with Crippen LogP contribution in [0.5, 0.6) is 0 Å². The summed E-state index contributed by atoms with van der Waals surface area (Å²) >= 11 is 0. The van der Waals surface area contributed by atoms with E-state index in [1.54, 1.807) is 0 Å². The van der Waals surface area contributed by atoms with Crippen molar-refractivity contribution in [3.05, 3.63) is 17.7 Å². The van der Waals surface area contributed by atoms with E-state index in [1.165, 1.54) is 44.5 Å². The molecule has 17 heavy (non-hydrogen) atoms. The molecule has 0 aliphatic carbocycles. The molecule has 3 nitrogen and oxygen atoms in total. The topological polar surface area (TPSA) is 21.1 Å². The molecule has 1 aliphatic heterocycles. The van der Waals surface area contributed by atoms with Crippen molar-refractivity contribution in [2.24, 2.45) is 0 Å². The number of likely N-dealkylation sites (tertiary alicyclic amines) is 1. The van der Waals surface area contributed by atoms with Gasteiger partial charge in [0, 0.05) is 18.8 Å². The second kappa shape index (κ2) is 5.67. The fourth-order valence-electron chi connectivity index (χ4n) is 2.67. The van der Waals surface area contributed by atoms with E-state index < -0.39 is 0 Å². The van der Waals surface area contributed by atoms with Crippen LogP contribution in [0.1, 0.15) is 57.1 Å². The fourth-order valence-corrected chi connectivity index (χ4v) is 2.67. The van der Waals surface area contributed by atoms with Crippen LogP contribution < -0.4 is 0 Å². The first-order valence-corrected chi connectivity index (χ1v) is 6.93. The first kappa shape index (κ1) is 12.6. The minimum atomic E-state index is 0.514. The largest absolute Gasteiger partial charge is 0.332 e. The highest BCUT2D eigenvalue weighted by molar-refractivity contribution is 5.04. The number of nitrogens with zero attached hydrogens (tertiary/aromatic N) is 3. The lowest BCUT2D eigenvalue weighted by atomic mass is 10.2. The molecule has 1 fully saturated rings. The van der Waals surface area contributed by atoms with E-state index >= 15 is 0 Å². The molecule has 2 rings (SSSR count). The normalized spacial score (nSPS) is 18.6. The summed E-state index contributed by atoms with van der Waals surface area (Å²) in [5.74, 6) is 1.14. The van der Waals surface area contributed by atoms with Gasteiger partial charge in [0.1, 0.15) is 5.82 Å². The van der Waals surface area contributed by atoms with Crippen LogP contribution in [0, 0.1) is 6.92 Å². The Kier molecular flexibility index (Phi) is 4.21. The molecule has 0 unspecified atom stereocenters. The van der Waals surface area contributed by atoms with Crippen LogP contribution in [0.2, 0.25) is 0 Å². The van der Waals surface area contributed by atoms with Gasteiger partial charge < -0.3 is 4.57 Å². The first-order chi connectivity index (χ1) is 8.16. The molecular formula is C14H25N3. The SMILES string of the molecule is Cc1nc(CN2CCCCCC2)cn1C(C)C. The monoisotopic (exact) mass is 235 g/mol. The highest BCUT2D eigenvalue weighted by atomic mass is 15.2. The molecule has 1 aromatic rings. The van der Waals surface area contributed by atoms with E-state index in [-0.39, 0.29) is 0 Å². The maximum absolute atomic E-state index is 4.68. The smallest absolute Gasteiger partial charge is 0.106 e. The predicted octanol–water partition coefficient (Wildman–Crippen LogP) is 3.15. The molecule has 0 radical (unpaired) electrons. The van der Waals surface area contributed by atoms with Crippen molar-refractivity contribution in [3.8, 4) is 0 Å². The van der Waals surface area contributed by atoms with Gasteiger partial charge in [-0.25, -0.2) is 4.98 Å². The Morgan fingerprint density at radius 1 is 1.18 bits per heavy atom. The highest BCUT2D eigenvalue weighted by Gasteiger charge is 2.12. The summed E-state index contributed by atoms with van der Waals surface area (Å²) in [5, 5.41) is 0. The number of imidazole rings is 1. The first-order valence-electron chi connectivity index (χ1n) is 6.93. The zero-order valence-corrected chi connectivity index (χ0v) is 11.4.